The minimum Gasteiger partial charge on any atom is -0.300 e. The van der Waals surface area contributed by atoms with Crippen LogP contribution in [0.25, 0.3) is 0 Å². The van der Waals surface area contributed by atoms with Gasteiger partial charge in [-0.3, -0.25) is 14.9 Å². The van der Waals surface area contributed by atoms with Crippen LogP contribution in [0.4, 0.5) is 0 Å². The van der Waals surface area contributed by atoms with Gasteiger partial charge in [-0.2, -0.15) is 0 Å². The highest BCUT2D eigenvalue weighted by Gasteiger charge is 2.33. The van der Waals surface area contributed by atoms with E-state index in [0.717, 1.165) is 5.56 Å². The van der Waals surface area contributed by atoms with Gasteiger partial charge in [-0.15, -0.1) is 0 Å². The molecular weight excluding hydrogens is 230 g/mol. The first-order valence-electron chi connectivity index (χ1n) is 6.10. The van der Waals surface area contributed by atoms with E-state index in [-0.39, 0.29) is 35.0 Å². The van der Waals surface area contributed by atoms with E-state index in [1.54, 1.807) is 0 Å². The van der Waals surface area contributed by atoms with Crippen LogP contribution in [0.3, 0.4) is 0 Å². The molecule has 4 heteroatoms. The highest BCUT2D eigenvalue weighted by Crippen LogP contribution is 2.31. The van der Waals surface area contributed by atoms with Gasteiger partial charge < -0.3 is 0 Å². The van der Waals surface area contributed by atoms with Crippen molar-refractivity contribution in [3.05, 3.63) is 46.0 Å². The molecule has 0 saturated heterocycles. The Bertz CT molecular complexity index is 414. The Kier molecular flexibility index (Phi) is 5.01. The zero-order chi connectivity index (χ0) is 13.7. The summed E-state index contributed by atoms with van der Waals surface area (Å²) in [5.41, 5.74) is 0.864. The van der Waals surface area contributed by atoms with Gasteiger partial charge in [-0.05, 0) is 18.4 Å². The molecule has 1 aromatic rings. The summed E-state index contributed by atoms with van der Waals surface area (Å²) in [7, 11) is 0. The largest absolute Gasteiger partial charge is 0.300 e. The molecule has 0 aliphatic carbocycles. The van der Waals surface area contributed by atoms with Gasteiger partial charge in [-0.25, -0.2) is 0 Å². The molecule has 1 rings (SSSR count). The molecule has 0 heterocycles. The van der Waals surface area contributed by atoms with Crippen LogP contribution in [0.1, 0.15) is 32.3 Å². The second kappa shape index (κ2) is 6.28. The molecule has 0 aromatic heterocycles. The van der Waals surface area contributed by atoms with Gasteiger partial charge in [-0.1, -0.05) is 44.2 Å². The van der Waals surface area contributed by atoms with Gasteiger partial charge >= 0.3 is 0 Å². The summed E-state index contributed by atoms with van der Waals surface area (Å²) >= 11 is 0. The number of Topliss-reactive ketones (excluding diaryl/α,β-unsaturated/α-hetero) is 1. The lowest BCUT2D eigenvalue weighted by Crippen LogP contribution is -2.30. The number of hydrogen-bond donors (Lipinski definition) is 0. The first-order chi connectivity index (χ1) is 8.43. The fourth-order valence-electron chi connectivity index (χ4n) is 2.50. The molecule has 98 valence electrons. The van der Waals surface area contributed by atoms with Crippen LogP contribution in [-0.4, -0.2) is 17.3 Å². The lowest BCUT2D eigenvalue weighted by Gasteiger charge is -2.25. The first kappa shape index (κ1) is 14.4. The highest BCUT2D eigenvalue weighted by molar-refractivity contribution is 5.79. The second-order valence-electron chi connectivity index (χ2n) is 4.91. The molecule has 0 unspecified atom stereocenters. The van der Waals surface area contributed by atoms with Crippen molar-refractivity contribution in [2.24, 2.45) is 11.8 Å². The minimum absolute atomic E-state index is 0.0145. The van der Waals surface area contributed by atoms with Crippen LogP contribution in [0.5, 0.6) is 0 Å². The smallest absolute Gasteiger partial charge is 0.211 e. The van der Waals surface area contributed by atoms with E-state index in [9.17, 15) is 14.9 Å². The predicted molar refractivity (Wildman–Crippen MR) is 70.1 cm³/mol. The zero-order valence-electron chi connectivity index (χ0n) is 11.0. The van der Waals surface area contributed by atoms with E-state index >= 15 is 0 Å². The lowest BCUT2D eigenvalue weighted by atomic mass is 9.77. The lowest BCUT2D eigenvalue weighted by molar-refractivity contribution is -0.484. The SMILES string of the molecule is CC(=O)[C@@H](C(C)C)[C@@H](C[N+](=O)[O-])c1ccccc1. The summed E-state index contributed by atoms with van der Waals surface area (Å²) in [4.78, 5) is 22.2. The van der Waals surface area contributed by atoms with E-state index in [1.807, 2.05) is 44.2 Å². The molecule has 0 aliphatic rings. The summed E-state index contributed by atoms with van der Waals surface area (Å²) < 4.78 is 0. The van der Waals surface area contributed by atoms with E-state index < -0.39 is 0 Å². The number of hydrogen-bond acceptors (Lipinski definition) is 3. The first-order valence-corrected chi connectivity index (χ1v) is 6.10. The molecule has 0 fully saturated rings. The van der Waals surface area contributed by atoms with Crippen molar-refractivity contribution in [3.8, 4) is 0 Å². The summed E-state index contributed by atoms with van der Waals surface area (Å²) in [6.45, 7) is 5.18. The second-order valence-corrected chi connectivity index (χ2v) is 4.91. The molecule has 0 bridgehead atoms. The number of carbonyl (C=O) groups excluding carboxylic acids is 1. The third kappa shape index (κ3) is 3.65. The van der Waals surface area contributed by atoms with Crippen molar-refractivity contribution < 1.29 is 9.72 Å². The summed E-state index contributed by atoms with van der Waals surface area (Å²) in [6, 6.07) is 9.27. The number of carbonyl (C=O) groups is 1. The van der Waals surface area contributed by atoms with Gasteiger partial charge in [0, 0.05) is 10.8 Å². The number of ketones is 1. The summed E-state index contributed by atoms with van der Waals surface area (Å²) in [5.74, 6) is -0.551. The van der Waals surface area contributed by atoms with Crippen molar-refractivity contribution in [1.82, 2.24) is 0 Å². The van der Waals surface area contributed by atoms with Crippen molar-refractivity contribution in [2.45, 2.75) is 26.7 Å². The average Bonchev–Trinajstić information content (AvgIpc) is 2.27. The normalized spacial score (nSPS) is 14.2. The van der Waals surface area contributed by atoms with Crippen LogP contribution >= 0.6 is 0 Å². The van der Waals surface area contributed by atoms with Crippen molar-refractivity contribution in [1.29, 1.82) is 0 Å². The zero-order valence-corrected chi connectivity index (χ0v) is 11.0. The van der Waals surface area contributed by atoms with Gasteiger partial charge in [0.25, 0.3) is 0 Å². The van der Waals surface area contributed by atoms with Crippen LogP contribution in [0, 0.1) is 22.0 Å². The molecule has 0 aliphatic heterocycles. The number of nitrogens with zero attached hydrogens (tertiary/aromatic N) is 1. The molecule has 0 saturated carbocycles. The van der Waals surface area contributed by atoms with Gasteiger partial charge in [0.05, 0.1) is 5.92 Å². The maximum Gasteiger partial charge on any atom is 0.211 e. The number of rotatable bonds is 6. The Morgan fingerprint density at radius 3 is 2.22 bits per heavy atom. The van der Waals surface area contributed by atoms with E-state index in [0.29, 0.717) is 0 Å². The van der Waals surface area contributed by atoms with Crippen LogP contribution in [-0.2, 0) is 4.79 Å². The Labute approximate surface area is 107 Å². The third-order valence-electron chi connectivity index (χ3n) is 3.19. The molecular formula is C14H19NO3. The number of benzene rings is 1. The Hall–Kier alpha value is -1.71. The maximum absolute atomic E-state index is 11.8. The minimum atomic E-state index is -0.348. The summed E-state index contributed by atoms with van der Waals surface area (Å²) in [5, 5.41) is 10.8. The van der Waals surface area contributed by atoms with Crippen LogP contribution in [0.15, 0.2) is 30.3 Å². The molecule has 4 nitrogen and oxygen atoms in total. The van der Waals surface area contributed by atoms with Crippen molar-refractivity contribution in [2.75, 3.05) is 6.54 Å². The molecule has 18 heavy (non-hydrogen) atoms. The quantitative estimate of drug-likeness (QED) is 0.575. The number of nitro groups is 1. The van der Waals surface area contributed by atoms with E-state index in [1.165, 1.54) is 6.92 Å². The Morgan fingerprint density at radius 1 is 1.28 bits per heavy atom. The van der Waals surface area contributed by atoms with Crippen molar-refractivity contribution >= 4 is 5.78 Å². The Morgan fingerprint density at radius 2 is 1.83 bits per heavy atom. The van der Waals surface area contributed by atoms with Gasteiger partial charge in [0.1, 0.15) is 5.78 Å². The van der Waals surface area contributed by atoms with E-state index in [2.05, 4.69) is 0 Å². The van der Waals surface area contributed by atoms with Gasteiger partial charge in [0.2, 0.25) is 6.54 Å². The topological polar surface area (TPSA) is 60.2 Å². The summed E-state index contributed by atoms with van der Waals surface area (Å²) in [6.07, 6.45) is 0. The molecule has 0 radical (unpaired) electrons. The highest BCUT2D eigenvalue weighted by atomic mass is 16.6. The van der Waals surface area contributed by atoms with Crippen LogP contribution in [0.2, 0.25) is 0 Å². The maximum atomic E-state index is 11.8. The fourth-order valence-corrected chi connectivity index (χ4v) is 2.50. The van der Waals surface area contributed by atoms with Crippen molar-refractivity contribution in [3.63, 3.8) is 0 Å². The monoisotopic (exact) mass is 249 g/mol. The molecule has 1 aromatic carbocycles. The van der Waals surface area contributed by atoms with Crippen LogP contribution < -0.4 is 0 Å². The molecule has 2 atom stereocenters. The fraction of sp³-hybridized carbons (Fsp3) is 0.500. The standard InChI is InChI=1S/C14H19NO3/c1-10(2)14(11(3)16)13(9-15(17)18)12-7-5-4-6-8-12/h4-8,10,13-14H,9H2,1-3H3/t13-,14+/m0/s1. The van der Waals surface area contributed by atoms with E-state index in [4.69, 9.17) is 0 Å². The molecule has 0 amide bonds. The Balaban J connectivity index is 3.11. The molecule has 0 N–H and O–H groups in total. The molecule has 0 spiro atoms. The third-order valence-corrected chi connectivity index (χ3v) is 3.19. The van der Waals surface area contributed by atoms with Gasteiger partial charge in [0.15, 0.2) is 0 Å². The predicted octanol–water partition coefficient (Wildman–Crippen LogP) is 2.91. The average molecular weight is 249 g/mol.